The number of carbonyl (C=O) groups excluding carboxylic acids is 1. The second-order valence-electron chi connectivity index (χ2n) is 5.79. The van der Waals surface area contributed by atoms with E-state index in [1.165, 1.54) is 10.4 Å². The van der Waals surface area contributed by atoms with Gasteiger partial charge >= 0.3 is 0 Å². The van der Waals surface area contributed by atoms with E-state index in [1.807, 2.05) is 38.2 Å². The number of rotatable bonds is 5. The molecule has 0 atom stereocenters. The van der Waals surface area contributed by atoms with Crippen molar-refractivity contribution in [3.05, 3.63) is 57.4 Å². The van der Waals surface area contributed by atoms with Gasteiger partial charge in [0, 0.05) is 33.6 Å². The lowest BCUT2D eigenvalue weighted by molar-refractivity contribution is 0.0944. The van der Waals surface area contributed by atoms with Crippen molar-refractivity contribution in [1.82, 2.24) is 9.88 Å². The van der Waals surface area contributed by atoms with E-state index < -0.39 is 0 Å². The minimum absolute atomic E-state index is 0.173. The number of aromatic amines is 1. The zero-order valence-electron chi connectivity index (χ0n) is 13.1. The van der Waals surface area contributed by atoms with Crippen molar-refractivity contribution in [1.29, 1.82) is 0 Å². The number of nitrogens with one attached hydrogen (secondary N) is 1. The molecule has 0 radical (unpaired) electrons. The number of nitrogens with zero attached hydrogens (tertiary/aromatic N) is 1. The summed E-state index contributed by atoms with van der Waals surface area (Å²) in [4.78, 5) is 19.4. The van der Waals surface area contributed by atoms with Gasteiger partial charge < -0.3 is 4.98 Å². The molecule has 114 valence electrons. The van der Waals surface area contributed by atoms with Crippen molar-refractivity contribution in [2.45, 2.75) is 20.4 Å². The first-order valence-electron chi connectivity index (χ1n) is 7.38. The minimum atomic E-state index is 0.173. The Morgan fingerprint density at radius 1 is 1.23 bits per heavy atom. The summed E-state index contributed by atoms with van der Waals surface area (Å²) in [6, 6.07) is 10.1. The first kappa shape index (κ1) is 15.0. The molecule has 3 nitrogen and oxygen atoms in total. The smallest absolute Gasteiger partial charge is 0.179 e. The highest BCUT2D eigenvalue weighted by Crippen LogP contribution is 2.23. The highest BCUT2D eigenvalue weighted by atomic mass is 32.1. The molecule has 1 N–H and O–H groups in total. The minimum Gasteiger partial charge on any atom is -0.358 e. The summed E-state index contributed by atoms with van der Waals surface area (Å²) in [6.45, 7) is 5.33. The molecule has 0 aliphatic rings. The number of fused-ring (bicyclic) bond motifs is 1. The molecule has 0 spiro atoms. The normalized spacial score (nSPS) is 11.5. The van der Waals surface area contributed by atoms with Crippen LogP contribution in [0.5, 0.6) is 0 Å². The lowest BCUT2D eigenvalue weighted by atomic mass is 10.1. The zero-order valence-corrected chi connectivity index (χ0v) is 14.0. The number of hydrogen-bond acceptors (Lipinski definition) is 3. The van der Waals surface area contributed by atoms with E-state index >= 15 is 0 Å². The Morgan fingerprint density at radius 2 is 2.00 bits per heavy atom. The van der Waals surface area contributed by atoms with Crippen LogP contribution in [0.15, 0.2) is 35.7 Å². The van der Waals surface area contributed by atoms with E-state index in [-0.39, 0.29) is 5.78 Å². The fourth-order valence-corrected chi connectivity index (χ4v) is 3.81. The Hall–Kier alpha value is -1.91. The van der Waals surface area contributed by atoms with E-state index in [2.05, 4.69) is 28.3 Å². The lowest BCUT2D eigenvalue weighted by Gasteiger charge is -2.15. The van der Waals surface area contributed by atoms with E-state index in [4.69, 9.17) is 0 Å². The molecule has 2 aromatic heterocycles. The Kier molecular flexibility index (Phi) is 4.14. The van der Waals surface area contributed by atoms with Gasteiger partial charge in [0.25, 0.3) is 0 Å². The van der Waals surface area contributed by atoms with Gasteiger partial charge in [0.05, 0.1) is 6.54 Å². The van der Waals surface area contributed by atoms with Crippen LogP contribution in [0.25, 0.3) is 10.9 Å². The Morgan fingerprint density at radius 3 is 2.73 bits per heavy atom. The van der Waals surface area contributed by atoms with Gasteiger partial charge in [-0.25, -0.2) is 0 Å². The lowest BCUT2D eigenvalue weighted by Crippen LogP contribution is -2.25. The van der Waals surface area contributed by atoms with Crippen molar-refractivity contribution in [2.24, 2.45) is 0 Å². The average Bonchev–Trinajstić information content (AvgIpc) is 3.01. The van der Waals surface area contributed by atoms with Crippen LogP contribution in [0, 0.1) is 13.8 Å². The number of thiophene rings is 1. The second kappa shape index (κ2) is 6.07. The van der Waals surface area contributed by atoms with Crippen LogP contribution in [0.2, 0.25) is 0 Å². The number of aryl methyl sites for hydroxylation is 2. The van der Waals surface area contributed by atoms with Gasteiger partial charge in [-0.1, -0.05) is 18.2 Å². The highest BCUT2D eigenvalue weighted by molar-refractivity contribution is 7.10. The number of ketones is 1. The number of para-hydroxylation sites is 1. The summed E-state index contributed by atoms with van der Waals surface area (Å²) in [5.74, 6) is 0.173. The summed E-state index contributed by atoms with van der Waals surface area (Å²) in [5.41, 5.74) is 4.10. The van der Waals surface area contributed by atoms with Crippen LogP contribution >= 0.6 is 11.3 Å². The Balaban J connectivity index is 1.78. The number of benzene rings is 1. The molecule has 3 aromatic rings. The summed E-state index contributed by atoms with van der Waals surface area (Å²) in [5, 5.41) is 3.12. The van der Waals surface area contributed by atoms with Crippen LogP contribution in [-0.4, -0.2) is 29.3 Å². The maximum Gasteiger partial charge on any atom is 0.179 e. The molecule has 0 amide bonds. The molecule has 4 heteroatoms. The summed E-state index contributed by atoms with van der Waals surface area (Å²) in [6.07, 6.45) is 0. The molecular formula is C18H20N2OS. The van der Waals surface area contributed by atoms with Gasteiger partial charge in [-0.05, 0) is 44.0 Å². The molecule has 3 rings (SSSR count). The average molecular weight is 312 g/mol. The van der Waals surface area contributed by atoms with Gasteiger partial charge in [0.1, 0.15) is 0 Å². The molecule has 0 fully saturated rings. The SMILES string of the molecule is Cc1ccsc1CN(C)CC(=O)c1c(C)[nH]c2ccccc12. The number of Topliss-reactive ketones (excluding diaryl/α,β-unsaturated/α-hetero) is 1. The number of aromatic nitrogens is 1. The maximum atomic E-state index is 12.7. The fourth-order valence-electron chi connectivity index (χ4n) is 2.83. The van der Waals surface area contributed by atoms with Crippen molar-refractivity contribution in [3.8, 4) is 0 Å². The summed E-state index contributed by atoms with van der Waals surface area (Å²) in [7, 11) is 2.00. The molecule has 0 bridgehead atoms. The number of likely N-dealkylation sites (N-methyl/N-ethyl adjacent to an activating group) is 1. The predicted octanol–water partition coefficient (Wildman–Crippen LogP) is 4.16. The molecule has 2 heterocycles. The quantitative estimate of drug-likeness (QED) is 0.718. The van der Waals surface area contributed by atoms with Crippen LogP contribution in [0.1, 0.15) is 26.5 Å². The van der Waals surface area contributed by atoms with E-state index in [9.17, 15) is 4.79 Å². The predicted molar refractivity (Wildman–Crippen MR) is 92.8 cm³/mol. The van der Waals surface area contributed by atoms with Crippen LogP contribution < -0.4 is 0 Å². The van der Waals surface area contributed by atoms with Gasteiger partial charge in [0.2, 0.25) is 0 Å². The third-order valence-corrected chi connectivity index (χ3v) is 4.98. The van der Waals surface area contributed by atoms with Crippen LogP contribution in [-0.2, 0) is 6.54 Å². The van der Waals surface area contributed by atoms with Crippen molar-refractivity contribution in [3.63, 3.8) is 0 Å². The summed E-state index contributed by atoms with van der Waals surface area (Å²) >= 11 is 1.75. The van der Waals surface area contributed by atoms with Crippen molar-refractivity contribution < 1.29 is 4.79 Å². The maximum absolute atomic E-state index is 12.7. The van der Waals surface area contributed by atoms with Crippen molar-refractivity contribution >= 4 is 28.0 Å². The van der Waals surface area contributed by atoms with Gasteiger partial charge in [-0.2, -0.15) is 0 Å². The molecule has 0 aliphatic carbocycles. The van der Waals surface area contributed by atoms with Crippen LogP contribution in [0.3, 0.4) is 0 Å². The monoisotopic (exact) mass is 312 g/mol. The first-order valence-corrected chi connectivity index (χ1v) is 8.26. The second-order valence-corrected chi connectivity index (χ2v) is 6.79. The van der Waals surface area contributed by atoms with Crippen molar-refractivity contribution in [2.75, 3.05) is 13.6 Å². The standard InChI is InChI=1S/C18H20N2OS/c1-12-8-9-22-17(12)11-20(3)10-16(21)18-13(2)19-15-7-5-4-6-14(15)18/h4-9,19H,10-11H2,1-3H3. The molecular weight excluding hydrogens is 292 g/mol. The number of carbonyl (C=O) groups is 1. The van der Waals surface area contributed by atoms with Gasteiger partial charge in [0.15, 0.2) is 5.78 Å². The van der Waals surface area contributed by atoms with Gasteiger partial charge in [-0.15, -0.1) is 11.3 Å². The number of H-pyrrole nitrogens is 1. The van der Waals surface area contributed by atoms with E-state index in [1.54, 1.807) is 11.3 Å². The molecule has 0 unspecified atom stereocenters. The molecule has 22 heavy (non-hydrogen) atoms. The molecule has 0 saturated heterocycles. The van der Waals surface area contributed by atoms with Gasteiger partial charge in [-0.3, -0.25) is 9.69 Å². The highest BCUT2D eigenvalue weighted by Gasteiger charge is 2.17. The zero-order chi connectivity index (χ0) is 15.7. The topological polar surface area (TPSA) is 36.1 Å². The Bertz CT molecular complexity index is 815. The fraction of sp³-hybridized carbons (Fsp3) is 0.278. The molecule has 0 saturated carbocycles. The third-order valence-electron chi connectivity index (χ3n) is 3.97. The Labute approximate surface area is 134 Å². The third kappa shape index (κ3) is 2.85. The van der Waals surface area contributed by atoms with E-state index in [0.29, 0.717) is 6.54 Å². The largest absolute Gasteiger partial charge is 0.358 e. The summed E-state index contributed by atoms with van der Waals surface area (Å²) < 4.78 is 0. The number of hydrogen-bond donors (Lipinski definition) is 1. The molecule has 0 aliphatic heterocycles. The molecule has 1 aromatic carbocycles. The van der Waals surface area contributed by atoms with E-state index in [0.717, 1.165) is 28.7 Å². The van der Waals surface area contributed by atoms with Crippen LogP contribution in [0.4, 0.5) is 0 Å². The first-order chi connectivity index (χ1) is 10.6.